The van der Waals surface area contributed by atoms with Gasteiger partial charge in [-0.1, -0.05) is 19.3 Å². The largest absolute Gasteiger partial charge is 0.393 e. The Labute approximate surface area is 95.0 Å². The highest BCUT2D eigenvalue weighted by atomic mass is 28.3. The maximum Gasteiger partial charge on any atom is 0.334 e. The molecule has 1 aliphatic rings. The van der Waals surface area contributed by atoms with Crippen molar-refractivity contribution in [3.63, 3.8) is 0 Å². The van der Waals surface area contributed by atoms with E-state index in [2.05, 4.69) is 15.3 Å². The molecule has 0 aromatic rings. The zero-order chi connectivity index (χ0) is 10.9. The third kappa shape index (κ3) is 5.63. The van der Waals surface area contributed by atoms with Crippen molar-refractivity contribution in [3.8, 4) is 0 Å². The van der Waals surface area contributed by atoms with Gasteiger partial charge in [-0.05, 0) is 26.9 Å². The fraction of sp³-hybridized carbons (Fsp3) is 1.00. The molecule has 0 aliphatic heterocycles. The minimum absolute atomic E-state index is 0.742. The van der Waals surface area contributed by atoms with Crippen LogP contribution >= 0.6 is 0 Å². The minimum Gasteiger partial charge on any atom is -0.393 e. The van der Waals surface area contributed by atoms with Crippen LogP contribution in [0.5, 0.6) is 0 Å². The van der Waals surface area contributed by atoms with E-state index in [1.54, 1.807) is 0 Å². The summed E-state index contributed by atoms with van der Waals surface area (Å²) in [5, 5.41) is 3.57. The molecule has 0 radical (unpaired) electrons. The summed E-state index contributed by atoms with van der Waals surface area (Å²) in [6, 6.07) is 0.742. The molecule has 90 valence electrons. The number of hydrogen-bond acceptors (Lipinski definition) is 4. The van der Waals surface area contributed by atoms with Crippen LogP contribution in [0.2, 0.25) is 0 Å². The van der Waals surface area contributed by atoms with E-state index >= 15 is 0 Å². The van der Waals surface area contributed by atoms with Crippen LogP contribution in [0.15, 0.2) is 0 Å². The van der Waals surface area contributed by atoms with Crippen molar-refractivity contribution in [1.82, 2.24) is 15.3 Å². The van der Waals surface area contributed by atoms with Crippen LogP contribution in [0.4, 0.5) is 0 Å². The molecule has 0 saturated heterocycles. The zero-order valence-corrected chi connectivity index (χ0v) is 11.2. The Bertz CT molecular complexity index is 150. The van der Waals surface area contributed by atoms with E-state index in [4.69, 9.17) is 4.43 Å². The van der Waals surface area contributed by atoms with Crippen LogP contribution in [0, 0.1) is 0 Å². The van der Waals surface area contributed by atoms with E-state index in [9.17, 15) is 0 Å². The van der Waals surface area contributed by atoms with Gasteiger partial charge in [0.1, 0.15) is 0 Å². The Morgan fingerprint density at radius 3 is 2.40 bits per heavy atom. The molecule has 0 bridgehead atoms. The molecule has 0 amide bonds. The summed E-state index contributed by atoms with van der Waals surface area (Å²) in [6.45, 7) is 1.80. The topological polar surface area (TPSA) is 45.3 Å². The van der Waals surface area contributed by atoms with E-state index in [0.29, 0.717) is 0 Å². The molecule has 0 aromatic carbocycles. The van der Waals surface area contributed by atoms with Gasteiger partial charge in [-0.15, -0.1) is 0 Å². The van der Waals surface area contributed by atoms with E-state index < -0.39 is 9.36 Å². The molecule has 0 heterocycles. The van der Waals surface area contributed by atoms with Crippen LogP contribution < -0.4 is 15.3 Å². The van der Waals surface area contributed by atoms with Crippen molar-refractivity contribution >= 4 is 9.36 Å². The van der Waals surface area contributed by atoms with Crippen LogP contribution in [0.1, 0.15) is 32.1 Å². The van der Waals surface area contributed by atoms with Crippen molar-refractivity contribution in [2.45, 2.75) is 38.1 Å². The van der Waals surface area contributed by atoms with Gasteiger partial charge in [0.15, 0.2) is 0 Å². The van der Waals surface area contributed by atoms with Gasteiger partial charge in [0.25, 0.3) is 0 Å². The fourth-order valence-electron chi connectivity index (χ4n) is 2.06. The van der Waals surface area contributed by atoms with Gasteiger partial charge in [-0.3, -0.25) is 0 Å². The second kappa shape index (κ2) is 8.24. The van der Waals surface area contributed by atoms with Gasteiger partial charge < -0.3 is 19.7 Å². The fourth-order valence-corrected chi connectivity index (χ4v) is 3.03. The Hall–Kier alpha value is 0.0569. The van der Waals surface area contributed by atoms with E-state index in [0.717, 1.165) is 19.2 Å². The molecule has 15 heavy (non-hydrogen) atoms. The van der Waals surface area contributed by atoms with Crippen molar-refractivity contribution in [1.29, 1.82) is 0 Å². The lowest BCUT2D eigenvalue weighted by Gasteiger charge is -2.23. The third-order valence-corrected chi connectivity index (χ3v) is 4.57. The van der Waals surface area contributed by atoms with E-state index in [1.807, 2.05) is 14.1 Å². The Kier molecular flexibility index (Phi) is 7.21. The first-order chi connectivity index (χ1) is 7.36. The molecular formula is C10H25N3OSi. The highest BCUT2D eigenvalue weighted by Gasteiger charge is 2.12. The maximum atomic E-state index is 5.69. The van der Waals surface area contributed by atoms with Gasteiger partial charge in [-0.25, -0.2) is 0 Å². The molecule has 3 N–H and O–H groups in total. The van der Waals surface area contributed by atoms with E-state index in [1.165, 1.54) is 32.1 Å². The lowest BCUT2D eigenvalue weighted by Crippen LogP contribution is -2.47. The van der Waals surface area contributed by atoms with Gasteiger partial charge in [0.05, 0.1) is 0 Å². The van der Waals surface area contributed by atoms with Crippen molar-refractivity contribution < 1.29 is 4.43 Å². The predicted octanol–water partition coefficient (Wildman–Crippen LogP) is 0.0813. The molecule has 1 fully saturated rings. The molecule has 0 unspecified atom stereocenters. The standard InChI is InChI=1S/C10H25N3OSi/c1-11-15(12-2)14-9-8-13-10-6-4-3-5-7-10/h10-13,15H,3-9H2,1-2H3. The highest BCUT2D eigenvalue weighted by Crippen LogP contribution is 2.16. The second-order valence-electron chi connectivity index (χ2n) is 4.12. The quantitative estimate of drug-likeness (QED) is 0.429. The maximum absolute atomic E-state index is 5.69. The van der Waals surface area contributed by atoms with Crippen molar-refractivity contribution in [2.75, 3.05) is 27.2 Å². The first kappa shape index (κ1) is 13.1. The molecule has 0 spiro atoms. The summed E-state index contributed by atoms with van der Waals surface area (Å²) in [4.78, 5) is 6.34. The SMILES string of the molecule is CN[SiH](NC)OCCNC1CCCCC1. The monoisotopic (exact) mass is 231 g/mol. The average Bonchev–Trinajstić information content (AvgIpc) is 2.31. The number of rotatable bonds is 7. The first-order valence-corrected chi connectivity index (χ1v) is 7.69. The summed E-state index contributed by atoms with van der Waals surface area (Å²) < 4.78 is 5.69. The van der Waals surface area contributed by atoms with Gasteiger partial charge in [0, 0.05) is 19.2 Å². The number of nitrogens with one attached hydrogen (secondary N) is 3. The van der Waals surface area contributed by atoms with Crippen LogP contribution in [0.25, 0.3) is 0 Å². The minimum atomic E-state index is -1.31. The smallest absolute Gasteiger partial charge is 0.334 e. The first-order valence-electron chi connectivity index (χ1n) is 6.06. The van der Waals surface area contributed by atoms with Gasteiger partial charge in [-0.2, -0.15) is 0 Å². The second-order valence-corrected chi connectivity index (χ2v) is 6.37. The van der Waals surface area contributed by atoms with Gasteiger partial charge in [0.2, 0.25) is 0 Å². The lowest BCUT2D eigenvalue weighted by molar-refractivity contribution is 0.282. The van der Waals surface area contributed by atoms with Crippen LogP contribution in [-0.4, -0.2) is 42.7 Å². The zero-order valence-electron chi connectivity index (χ0n) is 10.0. The van der Waals surface area contributed by atoms with Crippen molar-refractivity contribution in [2.24, 2.45) is 0 Å². The Morgan fingerprint density at radius 2 is 1.80 bits per heavy atom. The molecule has 1 aliphatic carbocycles. The highest BCUT2D eigenvalue weighted by molar-refractivity contribution is 6.45. The van der Waals surface area contributed by atoms with Gasteiger partial charge >= 0.3 is 9.36 Å². The molecule has 0 aromatic heterocycles. The average molecular weight is 231 g/mol. The van der Waals surface area contributed by atoms with Crippen molar-refractivity contribution in [3.05, 3.63) is 0 Å². The molecule has 0 atom stereocenters. The molecule has 4 nitrogen and oxygen atoms in total. The normalized spacial score (nSPS) is 18.6. The summed E-state index contributed by atoms with van der Waals surface area (Å²) in [5.41, 5.74) is 0. The Morgan fingerprint density at radius 1 is 1.13 bits per heavy atom. The molecule has 1 saturated carbocycles. The number of hydrogen-bond donors (Lipinski definition) is 3. The lowest BCUT2D eigenvalue weighted by atomic mass is 9.96. The summed E-state index contributed by atoms with van der Waals surface area (Å²) >= 11 is 0. The third-order valence-electron chi connectivity index (χ3n) is 2.95. The molecule has 1 rings (SSSR count). The Balaban J connectivity index is 1.95. The van der Waals surface area contributed by atoms with Crippen LogP contribution in [0.3, 0.4) is 0 Å². The van der Waals surface area contributed by atoms with E-state index in [-0.39, 0.29) is 0 Å². The summed E-state index contributed by atoms with van der Waals surface area (Å²) in [5.74, 6) is 0. The summed E-state index contributed by atoms with van der Waals surface area (Å²) in [6.07, 6.45) is 6.90. The molecular weight excluding hydrogens is 206 g/mol. The predicted molar refractivity (Wildman–Crippen MR) is 66.1 cm³/mol. The molecule has 5 heteroatoms. The summed E-state index contributed by atoms with van der Waals surface area (Å²) in [7, 11) is 2.59. The van der Waals surface area contributed by atoms with Crippen LogP contribution in [-0.2, 0) is 4.43 Å².